The van der Waals surface area contributed by atoms with E-state index in [0.29, 0.717) is 0 Å². The van der Waals surface area contributed by atoms with E-state index in [-0.39, 0.29) is 0 Å². The third kappa shape index (κ3) is 7.27. The summed E-state index contributed by atoms with van der Waals surface area (Å²) in [5, 5.41) is 3.69. The number of nitrogens with one attached hydrogen (secondary N) is 1. The van der Waals surface area contributed by atoms with E-state index in [1.54, 1.807) is 0 Å². The fourth-order valence-corrected chi connectivity index (χ4v) is 2.71. The first-order valence-corrected chi connectivity index (χ1v) is 7.24. The van der Waals surface area contributed by atoms with Crippen molar-refractivity contribution in [3.63, 3.8) is 0 Å². The van der Waals surface area contributed by atoms with Crippen molar-refractivity contribution in [2.45, 2.75) is 73.3 Å². The molecular formula is C15H33N. The highest BCUT2D eigenvalue weighted by Gasteiger charge is 2.21. The van der Waals surface area contributed by atoms with Gasteiger partial charge in [-0.3, -0.25) is 0 Å². The maximum atomic E-state index is 3.69. The van der Waals surface area contributed by atoms with Gasteiger partial charge in [0.1, 0.15) is 0 Å². The van der Waals surface area contributed by atoms with Gasteiger partial charge in [0.2, 0.25) is 0 Å². The Labute approximate surface area is 103 Å². The molecule has 0 aromatic rings. The second-order valence-electron chi connectivity index (χ2n) is 5.97. The molecule has 0 aliphatic heterocycles. The van der Waals surface area contributed by atoms with E-state index in [0.717, 1.165) is 30.3 Å². The van der Waals surface area contributed by atoms with Crippen molar-refractivity contribution in [3.8, 4) is 0 Å². The van der Waals surface area contributed by atoms with Crippen LogP contribution in [0.5, 0.6) is 0 Å². The van der Waals surface area contributed by atoms with Gasteiger partial charge in [0, 0.05) is 6.04 Å². The smallest absolute Gasteiger partial charge is 0.00953 e. The predicted molar refractivity (Wildman–Crippen MR) is 74.8 cm³/mol. The van der Waals surface area contributed by atoms with E-state index in [2.05, 4.69) is 46.9 Å². The molecule has 16 heavy (non-hydrogen) atoms. The van der Waals surface area contributed by atoms with Gasteiger partial charge in [0.05, 0.1) is 0 Å². The molecule has 98 valence electrons. The Morgan fingerprint density at radius 3 is 1.69 bits per heavy atom. The predicted octanol–water partition coefficient (Wildman–Crippen LogP) is 4.47. The Hall–Kier alpha value is -0.0400. The Kier molecular flexibility index (Phi) is 9.02. The minimum absolute atomic E-state index is 0.736. The van der Waals surface area contributed by atoms with Crippen molar-refractivity contribution >= 4 is 0 Å². The number of hydrogen-bond acceptors (Lipinski definition) is 1. The zero-order chi connectivity index (χ0) is 12.6. The van der Waals surface area contributed by atoms with Gasteiger partial charge in [-0.25, -0.2) is 0 Å². The van der Waals surface area contributed by atoms with E-state index in [4.69, 9.17) is 0 Å². The minimum Gasteiger partial charge on any atom is -0.314 e. The van der Waals surface area contributed by atoms with Gasteiger partial charge in [-0.05, 0) is 43.6 Å². The van der Waals surface area contributed by atoms with Crippen molar-refractivity contribution in [1.29, 1.82) is 0 Å². The van der Waals surface area contributed by atoms with Crippen LogP contribution in [0.15, 0.2) is 0 Å². The van der Waals surface area contributed by atoms with Crippen LogP contribution in [0, 0.1) is 17.8 Å². The van der Waals surface area contributed by atoms with Gasteiger partial charge < -0.3 is 5.32 Å². The summed E-state index contributed by atoms with van der Waals surface area (Å²) in [4.78, 5) is 0. The SMILES string of the molecule is CCCC(NCC)C(CC(C)C)CC(C)C. The fourth-order valence-electron chi connectivity index (χ4n) is 2.71. The van der Waals surface area contributed by atoms with Crippen LogP contribution in [0.25, 0.3) is 0 Å². The summed E-state index contributed by atoms with van der Waals surface area (Å²) in [6.07, 6.45) is 5.37. The summed E-state index contributed by atoms with van der Waals surface area (Å²) in [7, 11) is 0. The fraction of sp³-hybridized carbons (Fsp3) is 1.00. The van der Waals surface area contributed by atoms with Crippen molar-refractivity contribution in [1.82, 2.24) is 5.32 Å². The molecule has 0 fully saturated rings. The molecule has 0 bridgehead atoms. The summed E-state index contributed by atoms with van der Waals surface area (Å²) in [6, 6.07) is 0.736. The molecule has 0 aromatic heterocycles. The summed E-state index contributed by atoms with van der Waals surface area (Å²) in [5.41, 5.74) is 0. The molecule has 1 unspecified atom stereocenters. The molecule has 0 saturated carbocycles. The third-order valence-electron chi connectivity index (χ3n) is 3.18. The largest absolute Gasteiger partial charge is 0.314 e. The zero-order valence-electron chi connectivity index (χ0n) is 12.3. The van der Waals surface area contributed by atoms with Crippen LogP contribution in [0.4, 0.5) is 0 Å². The standard InChI is InChI=1S/C15H33N/c1-7-9-15(16-8-2)14(10-12(3)4)11-13(5)6/h12-16H,7-11H2,1-6H3. The van der Waals surface area contributed by atoms with E-state index in [9.17, 15) is 0 Å². The van der Waals surface area contributed by atoms with Crippen LogP contribution in [0.2, 0.25) is 0 Å². The first-order valence-electron chi connectivity index (χ1n) is 7.24. The molecule has 0 aliphatic carbocycles. The molecule has 1 heteroatoms. The van der Waals surface area contributed by atoms with E-state index in [1.807, 2.05) is 0 Å². The first kappa shape index (κ1) is 16.0. The summed E-state index contributed by atoms with van der Waals surface area (Å²) in [6.45, 7) is 15.0. The summed E-state index contributed by atoms with van der Waals surface area (Å²) in [5.74, 6) is 2.50. The van der Waals surface area contributed by atoms with Crippen LogP contribution in [0.1, 0.15) is 67.2 Å². The lowest BCUT2D eigenvalue weighted by Gasteiger charge is -2.30. The molecule has 1 nitrogen and oxygen atoms in total. The molecule has 0 saturated heterocycles. The molecule has 1 atom stereocenters. The highest BCUT2D eigenvalue weighted by Crippen LogP contribution is 2.25. The van der Waals surface area contributed by atoms with Gasteiger partial charge in [0.25, 0.3) is 0 Å². The molecule has 0 heterocycles. The van der Waals surface area contributed by atoms with Crippen molar-refractivity contribution in [2.24, 2.45) is 17.8 Å². The lowest BCUT2D eigenvalue weighted by atomic mass is 9.82. The molecule has 0 spiro atoms. The normalized spacial score (nSPS) is 14.1. The Morgan fingerprint density at radius 2 is 1.38 bits per heavy atom. The monoisotopic (exact) mass is 227 g/mol. The van der Waals surface area contributed by atoms with E-state index >= 15 is 0 Å². The van der Waals surface area contributed by atoms with E-state index in [1.165, 1.54) is 25.7 Å². The summed E-state index contributed by atoms with van der Waals surface area (Å²) < 4.78 is 0. The maximum Gasteiger partial charge on any atom is 0.00953 e. The highest BCUT2D eigenvalue weighted by atomic mass is 14.9. The minimum atomic E-state index is 0.736. The van der Waals surface area contributed by atoms with E-state index < -0.39 is 0 Å². The Balaban J connectivity index is 4.39. The number of rotatable bonds is 9. The molecule has 1 N–H and O–H groups in total. The molecule has 0 radical (unpaired) electrons. The Morgan fingerprint density at radius 1 is 0.875 bits per heavy atom. The first-order chi connectivity index (χ1) is 7.51. The molecule has 0 aliphatic rings. The average Bonchev–Trinajstić information content (AvgIpc) is 2.15. The van der Waals surface area contributed by atoms with Gasteiger partial charge in [-0.2, -0.15) is 0 Å². The molecular weight excluding hydrogens is 194 g/mol. The molecule has 0 amide bonds. The quantitative estimate of drug-likeness (QED) is 0.612. The molecule has 0 rings (SSSR count). The molecule has 0 aromatic carbocycles. The second-order valence-corrected chi connectivity index (χ2v) is 5.97. The average molecular weight is 227 g/mol. The topological polar surface area (TPSA) is 12.0 Å². The van der Waals surface area contributed by atoms with Crippen LogP contribution < -0.4 is 5.32 Å². The van der Waals surface area contributed by atoms with Crippen LogP contribution in [-0.2, 0) is 0 Å². The van der Waals surface area contributed by atoms with Gasteiger partial charge >= 0.3 is 0 Å². The summed E-state index contributed by atoms with van der Waals surface area (Å²) >= 11 is 0. The van der Waals surface area contributed by atoms with Crippen molar-refractivity contribution in [2.75, 3.05) is 6.54 Å². The van der Waals surface area contributed by atoms with Crippen LogP contribution >= 0.6 is 0 Å². The number of hydrogen-bond donors (Lipinski definition) is 1. The Bertz CT molecular complexity index is 136. The lowest BCUT2D eigenvalue weighted by molar-refractivity contribution is 0.251. The second kappa shape index (κ2) is 9.04. The highest BCUT2D eigenvalue weighted by molar-refractivity contribution is 4.77. The third-order valence-corrected chi connectivity index (χ3v) is 3.18. The maximum absolute atomic E-state index is 3.69. The van der Waals surface area contributed by atoms with Gasteiger partial charge in [-0.1, -0.05) is 48.0 Å². The van der Waals surface area contributed by atoms with Crippen molar-refractivity contribution < 1.29 is 0 Å². The zero-order valence-corrected chi connectivity index (χ0v) is 12.3. The van der Waals surface area contributed by atoms with Crippen molar-refractivity contribution in [3.05, 3.63) is 0 Å². The van der Waals surface area contributed by atoms with Gasteiger partial charge in [-0.15, -0.1) is 0 Å². The van der Waals surface area contributed by atoms with Gasteiger partial charge in [0.15, 0.2) is 0 Å². The lowest BCUT2D eigenvalue weighted by Crippen LogP contribution is -2.37. The van der Waals surface area contributed by atoms with Crippen LogP contribution in [-0.4, -0.2) is 12.6 Å². The van der Waals surface area contributed by atoms with Crippen LogP contribution in [0.3, 0.4) is 0 Å².